The molecule has 1 aliphatic rings. The minimum absolute atomic E-state index is 0.0484. The second-order valence-electron chi connectivity index (χ2n) is 5.45. The number of rotatable bonds is 6. The van der Waals surface area contributed by atoms with Crippen molar-refractivity contribution in [2.24, 2.45) is 5.73 Å². The molecule has 1 fully saturated rings. The first-order chi connectivity index (χ1) is 10.1. The average Bonchev–Trinajstić information content (AvgIpc) is 3.24. The lowest BCUT2D eigenvalue weighted by Crippen LogP contribution is -2.14. The first-order valence-corrected chi connectivity index (χ1v) is 8.79. The molecule has 3 rings (SSSR count). The lowest BCUT2D eigenvalue weighted by atomic mass is 10.2. The molecular formula is C15H19N3O2S. The van der Waals surface area contributed by atoms with Gasteiger partial charge in [-0.25, -0.2) is 8.42 Å². The Morgan fingerprint density at radius 2 is 2.10 bits per heavy atom. The summed E-state index contributed by atoms with van der Waals surface area (Å²) >= 11 is 0. The van der Waals surface area contributed by atoms with E-state index in [1.165, 1.54) is 12.8 Å². The Bertz CT molecular complexity index is 733. The molecule has 2 aromatic rings. The van der Waals surface area contributed by atoms with E-state index in [0.29, 0.717) is 23.9 Å². The molecule has 2 N–H and O–H groups in total. The van der Waals surface area contributed by atoms with Gasteiger partial charge in [-0.15, -0.1) is 0 Å². The van der Waals surface area contributed by atoms with Crippen LogP contribution in [0, 0.1) is 0 Å². The maximum Gasteiger partial charge on any atom is 0.180 e. The normalized spacial score (nSPS) is 15.3. The zero-order valence-corrected chi connectivity index (χ0v) is 12.6. The van der Waals surface area contributed by atoms with Gasteiger partial charge in [-0.2, -0.15) is 5.10 Å². The molecule has 0 saturated heterocycles. The Kier molecular flexibility index (Phi) is 3.82. The third kappa shape index (κ3) is 3.33. The Balaban J connectivity index is 1.69. The fourth-order valence-electron chi connectivity index (χ4n) is 2.30. The predicted molar refractivity (Wildman–Crippen MR) is 80.6 cm³/mol. The largest absolute Gasteiger partial charge is 0.326 e. The van der Waals surface area contributed by atoms with Crippen molar-refractivity contribution >= 4 is 9.84 Å². The molecule has 0 bridgehead atoms. The van der Waals surface area contributed by atoms with E-state index < -0.39 is 9.84 Å². The molecule has 0 atom stereocenters. The van der Waals surface area contributed by atoms with Crippen molar-refractivity contribution < 1.29 is 8.42 Å². The number of hydrogen-bond acceptors (Lipinski definition) is 4. The molecule has 1 aromatic heterocycles. The van der Waals surface area contributed by atoms with Crippen molar-refractivity contribution in [3.63, 3.8) is 0 Å². The standard InChI is InChI=1S/C15H19N3O2S/c16-11-12-2-1-3-14(10-12)21(19,20)9-8-18-7-6-15(17-18)13-4-5-13/h1-3,6-7,10,13H,4-5,8-9,11,16H2. The maximum absolute atomic E-state index is 12.3. The summed E-state index contributed by atoms with van der Waals surface area (Å²) in [7, 11) is -3.30. The molecule has 0 radical (unpaired) electrons. The van der Waals surface area contributed by atoms with Gasteiger partial charge < -0.3 is 5.73 Å². The Hall–Kier alpha value is -1.66. The van der Waals surface area contributed by atoms with Crippen molar-refractivity contribution in [1.29, 1.82) is 0 Å². The molecule has 0 unspecified atom stereocenters. The minimum Gasteiger partial charge on any atom is -0.326 e. The van der Waals surface area contributed by atoms with Crippen molar-refractivity contribution in [3.05, 3.63) is 47.8 Å². The summed E-state index contributed by atoms with van der Waals surface area (Å²) in [6, 6.07) is 8.81. The quantitative estimate of drug-likeness (QED) is 0.881. The van der Waals surface area contributed by atoms with Gasteiger partial charge in [0, 0.05) is 18.7 Å². The molecule has 0 amide bonds. The Morgan fingerprint density at radius 1 is 1.29 bits per heavy atom. The van der Waals surface area contributed by atoms with Gasteiger partial charge in [0.25, 0.3) is 0 Å². The maximum atomic E-state index is 12.3. The van der Waals surface area contributed by atoms with Gasteiger partial charge in [-0.1, -0.05) is 12.1 Å². The van der Waals surface area contributed by atoms with Crippen LogP contribution in [0.3, 0.4) is 0 Å². The summed E-state index contributed by atoms with van der Waals surface area (Å²) in [6.45, 7) is 0.717. The van der Waals surface area contributed by atoms with E-state index in [1.54, 1.807) is 22.9 Å². The van der Waals surface area contributed by atoms with E-state index in [-0.39, 0.29) is 5.75 Å². The van der Waals surface area contributed by atoms with Gasteiger partial charge >= 0.3 is 0 Å². The number of aryl methyl sites for hydroxylation is 1. The summed E-state index contributed by atoms with van der Waals surface area (Å²) in [4.78, 5) is 0.333. The van der Waals surface area contributed by atoms with E-state index >= 15 is 0 Å². The lowest BCUT2D eigenvalue weighted by Gasteiger charge is -2.06. The summed E-state index contributed by atoms with van der Waals surface area (Å²) in [5.41, 5.74) is 7.46. The van der Waals surface area contributed by atoms with Crippen molar-refractivity contribution in [2.75, 3.05) is 5.75 Å². The number of nitrogens with two attached hydrogens (primary N) is 1. The highest BCUT2D eigenvalue weighted by Gasteiger charge is 2.26. The predicted octanol–water partition coefficient (Wildman–Crippen LogP) is 1.69. The Morgan fingerprint density at radius 3 is 2.81 bits per heavy atom. The van der Waals surface area contributed by atoms with Gasteiger partial charge in [0.15, 0.2) is 9.84 Å². The molecule has 5 nitrogen and oxygen atoms in total. The van der Waals surface area contributed by atoms with E-state index in [2.05, 4.69) is 5.10 Å². The molecule has 1 saturated carbocycles. The molecule has 6 heteroatoms. The summed E-state index contributed by atoms with van der Waals surface area (Å²) < 4.78 is 26.4. The number of nitrogens with zero attached hydrogens (tertiary/aromatic N) is 2. The van der Waals surface area contributed by atoms with Crippen LogP contribution in [0.25, 0.3) is 0 Å². The minimum atomic E-state index is -3.30. The summed E-state index contributed by atoms with van der Waals surface area (Å²) in [5, 5.41) is 4.43. The zero-order valence-electron chi connectivity index (χ0n) is 11.8. The third-order valence-corrected chi connectivity index (χ3v) is 5.43. The monoisotopic (exact) mass is 305 g/mol. The van der Waals surface area contributed by atoms with Gasteiger partial charge in [0.05, 0.1) is 22.9 Å². The third-order valence-electron chi connectivity index (χ3n) is 3.74. The van der Waals surface area contributed by atoms with Crippen LogP contribution in [0.5, 0.6) is 0 Å². The fourth-order valence-corrected chi connectivity index (χ4v) is 3.58. The molecule has 21 heavy (non-hydrogen) atoms. The SMILES string of the molecule is NCc1cccc(S(=O)(=O)CCn2ccc(C3CC3)n2)c1. The zero-order chi connectivity index (χ0) is 14.9. The molecule has 0 aliphatic heterocycles. The van der Waals surface area contributed by atoms with Crippen LogP contribution in [0.2, 0.25) is 0 Å². The van der Waals surface area contributed by atoms with Crippen LogP contribution in [-0.4, -0.2) is 24.0 Å². The van der Waals surface area contributed by atoms with E-state index in [1.807, 2.05) is 18.3 Å². The highest BCUT2D eigenvalue weighted by Crippen LogP contribution is 2.38. The van der Waals surface area contributed by atoms with Crippen LogP contribution in [-0.2, 0) is 22.9 Å². The Labute approximate surface area is 124 Å². The molecule has 1 aromatic carbocycles. The van der Waals surface area contributed by atoms with Gasteiger partial charge in [0.2, 0.25) is 0 Å². The van der Waals surface area contributed by atoms with Gasteiger partial charge in [-0.3, -0.25) is 4.68 Å². The highest BCUT2D eigenvalue weighted by atomic mass is 32.2. The van der Waals surface area contributed by atoms with Crippen molar-refractivity contribution in [3.8, 4) is 0 Å². The topological polar surface area (TPSA) is 78.0 Å². The molecular weight excluding hydrogens is 286 g/mol. The second-order valence-corrected chi connectivity index (χ2v) is 7.56. The number of benzene rings is 1. The average molecular weight is 305 g/mol. The van der Waals surface area contributed by atoms with Crippen LogP contribution >= 0.6 is 0 Å². The van der Waals surface area contributed by atoms with E-state index in [0.717, 1.165) is 11.3 Å². The second kappa shape index (κ2) is 5.61. The van der Waals surface area contributed by atoms with Crippen LogP contribution in [0.4, 0.5) is 0 Å². The summed E-state index contributed by atoms with van der Waals surface area (Å²) in [6.07, 6.45) is 4.25. The van der Waals surface area contributed by atoms with E-state index in [9.17, 15) is 8.42 Å². The number of aromatic nitrogens is 2. The first kappa shape index (κ1) is 14.3. The van der Waals surface area contributed by atoms with Crippen LogP contribution in [0.15, 0.2) is 41.4 Å². The molecule has 0 spiro atoms. The number of hydrogen-bond donors (Lipinski definition) is 1. The van der Waals surface area contributed by atoms with Gasteiger partial charge in [0.1, 0.15) is 0 Å². The molecule has 1 heterocycles. The van der Waals surface area contributed by atoms with Crippen LogP contribution in [0.1, 0.15) is 30.0 Å². The lowest BCUT2D eigenvalue weighted by molar-refractivity contribution is 0.579. The van der Waals surface area contributed by atoms with Crippen LogP contribution < -0.4 is 5.73 Å². The van der Waals surface area contributed by atoms with Crippen molar-refractivity contribution in [1.82, 2.24) is 9.78 Å². The fraction of sp³-hybridized carbons (Fsp3) is 0.400. The van der Waals surface area contributed by atoms with E-state index in [4.69, 9.17) is 5.73 Å². The summed E-state index contributed by atoms with van der Waals surface area (Å²) in [5.74, 6) is 0.636. The smallest absolute Gasteiger partial charge is 0.180 e. The number of sulfone groups is 1. The first-order valence-electron chi connectivity index (χ1n) is 7.13. The van der Waals surface area contributed by atoms with Crippen molar-refractivity contribution in [2.45, 2.75) is 36.7 Å². The molecule has 1 aliphatic carbocycles. The highest BCUT2D eigenvalue weighted by molar-refractivity contribution is 7.91. The van der Waals surface area contributed by atoms with Gasteiger partial charge in [-0.05, 0) is 36.6 Å². The molecule has 112 valence electrons.